The van der Waals surface area contributed by atoms with Gasteiger partial charge in [0.2, 0.25) is 0 Å². The zero-order valence-electron chi connectivity index (χ0n) is 15.3. The van der Waals surface area contributed by atoms with Gasteiger partial charge < -0.3 is 4.52 Å². The van der Waals surface area contributed by atoms with Gasteiger partial charge in [-0.15, -0.1) is 0 Å². The van der Waals surface area contributed by atoms with Gasteiger partial charge in [-0.3, -0.25) is 4.98 Å². The molecule has 2 rings (SSSR count). The van der Waals surface area contributed by atoms with E-state index in [4.69, 9.17) is 4.52 Å². The summed E-state index contributed by atoms with van der Waals surface area (Å²) in [6.07, 6.45) is 4.13. The summed E-state index contributed by atoms with van der Waals surface area (Å²) in [6.45, 7) is 13.2. The van der Waals surface area contributed by atoms with Gasteiger partial charge in [0, 0.05) is 23.9 Å². The van der Waals surface area contributed by atoms with E-state index in [0.29, 0.717) is 23.7 Å². The summed E-state index contributed by atoms with van der Waals surface area (Å²) in [7, 11) is 0. The first-order valence-corrected chi connectivity index (χ1v) is 8.80. The first-order chi connectivity index (χ1) is 10.9. The quantitative estimate of drug-likeness (QED) is 0.628. The Hall–Kier alpha value is -1.64. The van der Waals surface area contributed by atoms with E-state index in [2.05, 4.69) is 69.9 Å². The lowest BCUT2D eigenvalue weighted by molar-refractivity contribution is 0.349. The number of hydrogen-bond acceptors (Lipinski definition) is 3. The van der Waals surface area contributed by atoms with Crippen LogP contribution < -0.4 is 0 Å². The fourth-order valence-electron chi connectivity index (χ4n) is 2.69. The largest absolute Gasteiger partial charge is 0.361 e. The highest BCUT2D eigenvalue weighted by atomic mass is 16.5. The van der Waals surface area contributed by atoms with Crippen molar-refractivity contribution in [3.05, 3.63) is 47.1 Å². The van der Waals surface area contributed by atoms with E-state index in [-0.39, 0.29) is 0 Å². The van der Waals surface area contributed by atoms with Crippen molar-refractivity contribution in [3.8, 4) is 0 Å². The molecule has 0 amide bonds. The van der Waals surface area contributed by atoms with Gasteiger partial charge in [0.1, 0.15) is 5.76 Å². The van der Waals surface area contributed by atoms with Crippen molar-refractivity contribution in [2.45, 2.75) is 78.1 Å². The van der Waals surface area contributed by atoms with Crippen LogP contribution in [0.5, 0.6) is 0 Å². The molecular weight excluding hydrogens is 284 g/mol. The normalized spacial score (nSPS) is 14.4. The third-order valence-electron chi connectivity index (χ3n) is 4.63. The van der Waals surface area contributed by atoms with Crippen molar-refractivity contribution in [3.63, 3.8) is 0 Å². The van der Waals surface area contributed by atoms with Crippen LogP contribution >= 0.6 is 0 Å². The van der Waals surface area contributed by atoms with Crippen LogP contribution in [-0.4, -0.2) is 10.1 Å². The van der Waals surface area contributed by atoms with Gasteiger partial charge in [-0.25, -0.2) is 0 Å². The molecule has 2 atom stereocenters. The molecule has 0 spiro atoms. The summed E-state index contributed by atoms with van der Waals surface area (Å²) in [5.74, 6) is 2.83. The van der Waals surface area contributed by atoms with E-state index >= 15 is 0 Å². The molecule has 0 saturated heterocycles. The van der Waals surface area contributed by atoms with Crippen LogP contribution in [0.3, 0.4) is 0 Å². The topological polar surface area (TPSA) is 38.9 Å². The molecular formula is C20H30N2O. The fraction of sp³-hybridized carbons (Fsp3) is 0.600. The zero-order chi connectivity index (χ0) is 17.0. The Kier molecular flexibility index (Phi) is 5.97. The molecule has 0 N–H and O–H groups in total. The lowest BCUT2D eigenvalue weighted by atomic mass is 9.92. The molecule has 3 heteroatoms. The van der Waals surface area contributed by atoms with Gasteiger partial charge >= 0.3 is 0 Å². The standard InChI is InChI=1S/C20H30N2O/c1-13(2)17-9-10-21-19(11-17)15(5)7-8-16(6)20-12-18(14(3)4)22-23-20/h9-16H,7-8H2,1-6H3. The first-order valence-electron chi connectivity index (χ1n) is 8.80. The van der Waals surface area contributed by atoms with Gasteiger partial charge in [0.05, 0.1) is 5.69 Å². The minimum atomic E-state index is 0.394. The van der Waals surface area contributed by atoms with Crippen molar-refractivity contribution in [2.75, 3.05) is 0 Å². The highest BCUT2D eigenvalue weighted by Gasteiger charge is 2.16. The van der Waals surface area contributed by atoms with E-state index in [1.807, 2.05) is 6.20 Å². The number of hydrogen-bond donors (Lipinski definition) is 0. The molecule has 2 unspecified atom stereocenters. The average Bonchev–Trinajstić information content (AvgIpc) is 3.02. The molecule has 0 aromatic carbocycles. The van der Waals surface area contributed by atoms with Crippen LogP contribution in [0.4, 0.5) is 0 Å². The summed E-state index contributed by atoms with van der Waals surface area (Å²) >= 11 is 0. The Balaban J connectivity index is 1.95. The van der Waals surface area contributed by atoms with Crippen molar-refractivity contribution in [2.24, 2.45) is 0 Å². The predicted octanol–water partition coefficient (Wildman–Crippen LogP) is 6.00. The van der Waals surface area contributed by atoms with Crippen LogP contribution in [0, 0.1) is 0 Å². The molecule has 0 aliphatic carbocycles. The Morgan fingerprint density at radius 2 is 1.57 bits per heavy atom. The molecule has 0 aliphatic heterocycles. The average molecular weight is 314 g/mol. The molecule has 2 aromatic rings. The summed E-state index contributed by atoms with van der Waals surface area (Å²) in [5.41, 5.74) is 3.61. The Morgan fingerprint density at radius 3 is 2.17 bits per heavy atom. The molecule has 0 aliphatic rings. The Morgan fingerprint density at radius 1 is 0.870 bits per heavy atom. The summed E-state index contributed by atoms with van der Waals surface area (Å²) in [4.78, 5) is 4.56. The monoisotopic (exact) mass is 314 g/mol. The molecule has 0 radical (unpaired) electrons. The minimum Gasteiger partial charge on any atom is -0.361 e. The van der Waals surface area contributed by atoms with Crippen molar-refractivity contribution < 1.29 is 4.52 Å². The van der Waals surface area contributed by atoms with E-state index in [1.165, 1.54) is 11.3 Å². The second kappa shape index (κ2) is 7.76. The predicted molar refractivity (Wildman–Crippen MR) is 95.0 cm³/mol. The van der Waals surface area contributed by atoms with E-state index in [0.717, 1.165) is 24.3 Å². The van der Waals surface area contributed by atoms with Crippen LogP contribution in [0.2, 0.25) is 0 Å². The van der Waals surface area contributed by atoms with Gasteiger partial charge in [-0.1, -0.05) is 46.7 Å². The molecule has 0 saturated carbocycles. The number of aromatic nitrogens is 2. The highest BCUT2D eigenvalue weighted by Crippen LogP contribution is 2.29. The SMILES string of the molecule is CC(C)c1ccnc(C(C)CCC(C)c2cc(C(C)C)no2)c1. The van der Waals surface area contributed by atoms with Crippen LogP contribution in [-0.2, 0) is 0 Å². The van der Waals surface area contributed by atoms with E-state index in [9.17, 15) is 0 Å². The lowest BCUT2D eigenvalue weighted by Gasteiger charge is -2.15. The summed E-state index contributed by atoms with van der Waals surface area (Å²) in [6, 6.07) is 6.48. The second-order valence-electron chi connectivity index (χ2n) is 7.36. The van der Waals surface area contributed by atoms with E-state index in [1.54, 1.807) is 0 Å². The summed E-state index contributed by atoms with van der Waals surface area (Å²) < 4.78 is 5.51. The van der Waals surface area contributed by atoms with Crippen molar-refractivity contribution in [1.82, 2.24) is 10.1 Å². The second-order valence-corrected chi connectivity index (χ2v) is 7.36. The van der Waals surface area contributed by atoms with Gasteiger partial charge in [-0.2, -0.15) is 0 Å². The maximum atomic E-state index is 5.51. The maximum absolute atomic E-state index is 5.51. The molecule has 0 bridgehead atoms. The number of nitrogens with zero attached hydrogens (tertiary/aromatic N) is 2. The van der Waals surface area contributed by atoms with E-state index < -0.39 is 0 Å². The molecule has 2 aromatic heterocycles. The maximum Gasteiger partial charge on any atom is 0.139 e. The third-order valence-corrected chi connectivity index (χ3v) is 4.63. The first kappa shape index (κ1) is 17.7. The highest BCUT2D eigenvalue weighted by molar-refractivity contribution is 5.21. The summed E-state index contributed by atoms with van der Waals surface area (Å²) in [5, 5.41) is 4.17. The fourth-order valence-corrected chi connectivity index (χ4v) is 2.69. The Bertz CT molecular complexity index is 616. The zero-order valence-corrected chi connectivity index (χ0v) is 15.3. The molecule has 126 valence electrons. The van der Waals surface area contributed by atoms with Gasteiger partial charge in [0.15, 0.2) is 0 Å². The van der Waals surface area contributed by atoms with Crippen LogP contribution in [0.15, 0.2) is 28.9 Å². The third kappa shape index (κ3) is 4.66. The Labute approximate surface area is 140 Å². The van der Waals surface area contributed by atoms with Gasteiger partial charge in [0.25, 0.3) is 0 Å². The van der Waals surface area contributed by atoms with Crippen LogP contribution in [0.25, 0.3) is 0 Å². The van der Waals surface area contributed by atoms with Crippen molar-refractivity contribution in [1.29, 1.82) is 0 Å². The number of rotatable bonds is 7. The lowest BCUT2D eigenvalue weighted by Crippen LogP contribution is -2.02. The molecule has 0 fully saturated rings. The smallest absolute Gasteiger partial charge is 0.139 e. The molecule has 3 nitrogen and oxygen atoms in total. The van der Waals surface area contributed by atoms with Crippen LogP contribution in [0.1, 0.15) is 101 Å². The molecule has 2 heterocycles. The van der Waals surface area contributed by atoms with Gasteiger partial charge in [-0.05, 0) is 48.3 Å². The minimum absolute atomic E-state index is 0.394. The molecule has 23 heavy (non-hydrogen) atoms. The number of pyridine rings is 1. The van der Waals surface area contributed by atoms with Crippen molar-refractivity contribution >= 4 is 0 Å².